The van der Waals surface area contributed by atoms with Crippen molar-refractivity contribution in [1.82, 2.24) is 4.98 Å². The molecule has 1 heterocycles. The van der Waals surface area contributed by atoms with Crippen molar-refractivity contribution in [1.29, 1.82) is 0 Å². The second kappa shape index (κ2) is 7.60. The highest BCUT2D eigenvalue weighted by Crippen LogP contribution is 2.25. The fourth-order valence-electron chi connectivity index (χ4n) is 2.10. The second-order valence-corrected chi connectivity index (χ2v) is 8.28. The van der Waals surface area contributed by atoms with Crippen LogP contribution in [0.25, 0.3) is 11.5 Å². The molecule has 0 fully saturated rings. The van der Waals surface area contributed by atoms with Gasteiger partial charge in [-0.15, -0.1) is 0 Å². The Balaban J connectivity index is 2.63. The maximum absolute atomic E-state index is 12.7. The predicted octanol–water partition coefficient (Wildman–Crippen LogP) is 4.98. The molecular formula is C20H23NO5S. The average Bonchev–Trinajstić information content (AvgIpc) is 2.51. The first kappa shape index (κ1) is 20.8. The standard InChI is InChI=1S/C20H23NO5S/c1-19(2,3)25-17(22)13-14(18(23)26-20(4,5)6)24-15(21-16(13)27)12-10-8-7-9-11-12/h7-11H,1-6H3. The van der Waals surface area contributed by atoms with Gasteiger partial charge in [-0.05, 0) is 53.7 Å². The van der Waals surface area contributed by atoms with Gasteiger partial charge >= 0.3 is 11.9 Å². The van der Waals surface area contributed by atoms with Crippen molar-refractivity contribution < 1.29 is 23.5 Å². The Kier molecular flexibility index (Phi) is 5.85. The molecule has 0 saturated heterocycles. The summed E-state index contributed by atoms with van der Waals surface area (Å²) in [5.74, 6) is -1.80. The molecule has 0 amide bonds. The molecule has 1 aromatic heterocycles. The van der Waals surface area contributed by atoms with Crippen LogP contribution in [-0.4, -0.2) is 28.1 Å². The largest absolute Gasteiger partial charge is 0.456 e. The number of hydrogen-bond acceptors (Lipinski definition) is 7. The van der Waals surface area contributed by atoms with Gasteiger partial charge in [-0.1, -0.05) is 30.4 Å². The molecule has 0 aliphatic rings. The summed E-state index contributed by atoms with van der Waals surface area (Å²) in [6.45, 7) is 10.3. The van der Waals surface area contributed by atoms with Crippen molar-refractivity contribution >= 4 is 24.2 Å². The molecule has 0 atom stereocenters. The minimum atomic E-state index is -0.811. The minimum absolute atomic E-state index is 0.0878. The fourth-order valence-corrected chi connectivity index (χ4v) is 2.36. The summed E-state index contributed by atoms with van der Waals surface area (Å²) in [5, 5.41) is 0. The van der Waals surface area contributed by atoms with E-state index in [1.165, 1.54) is 0 Å². The van der Waals surface area contributed by atoms with Crippen LogP contribution in [0.5, 0.6) is 0 Å². The van der Waals surface area contributed by atoms with Crippen LogP contribution in [0.2, 0.25) is 0 Å². The van der Waals surface area contributed by atoms with E-state index in [0.717, 1.165) is 0 Å². The zero-order valence-corrected chi connectivity index (χ0v) is 17.1. The van der Waals surface area contributed by atoms with Crippen LogP contribution >= 0.6 is 12.2 Å². The van der Waals surface area contributed by atoms with Crippen LogP contribution < -0.4 is 0 Å². The van der Waals surface area contributed by atoms with Crippen LogP contribution in [0.4, 0.5) is 0 Å². The van der Waals surface area contributed by atoms with Crippen molar-refractivity contribution in [2.24, 2.45) is 0 Å². The molecule has 1 aromatic carbocycles. The van der Waals surface area contributed by atoms with E-state index in [1.54, 1.807) is 65.8 Å². The molecule has 0 saturated carbocycles. The third-order valence-electron chi connectivity index (χ3n) is 3.05. The van der Waals surface area contributed by atoms with Crippen LogP contribution in [0, 0.1) is 4.64 Å². The summed E-state index contributed by atoms with van der Waals surface area (Å²) in [6, 6.07) is 8.94. The Hall–Kier alpha value is -2.54. The first-order valence-electron chi connectivity index (χ1n) is 8.45. The van der Waals surface area contributed by atoms with Gasteiger partial charge in [0.15, 0.2) is 0 Å². The Morgan fingerprint density at radius 1 is 0.926 bits per heavy atom. The zero-order valence-electron chi connectivity index (χ0n) is 16.3. The van der Waals surface area contributed by atoms with E-state index in [2.05, 4.69) is 4.98 Å². The number of carbonyl (C=O) groups excluding carboxylic acids is 2. The Morgan fingerprint density at radius 3 is 1.96 bits per heavy atom. The number of rotatable bonds is 3. The van der Waals surface area contributed by atoms with Crippen molar-refractivity contribution in [3.8, 4) is 11.5 Å². The monoisotopic (exact) mass is 389 g/mol. The highest BCUT2D eigenvalue weighted by Gasteiger charge is 2.31. The molecule has 2 aromatic rings. The second-order valence-electron chi connectivity index (χ2n) is 7.90. The molecule has 0 unspecified atom stereocenters. The number of esters is 2. The van der Waals surface area contributed by atoms with Crippen molar-refractivity contribution in [2.45, 2.75) is 52.7 Å². The van der Waals surface area contributed by atoms with Gasteiger partial charge in [0.2, 0.25) is 11.7 Å². The quantitative estimate of drug-likeness (QED) is 0.541. The molecule has 2 rings (SSSR count). The number of benzene rings is 1. The van der Waals surface area contributed by atoms with Crippen molar-refractivity contribution in [3.63, 3.8) is 0 Å². The van der Waals surface area contributed by atoms with Gasteiger partial charge in [0.05, 0.1) is 0 Å². The van der Waals surface area contributed by atoms with Gasteiger partial charge in [-0.2, -0.15) is 0 Å². The molecule has 6 nitrogen and oxygen atoms in total. The lowest BCUT2D eigenvalue weighted by atomic mass is 10.1. The maximum atomic E-state index is 12.7. The van der Waals surface area contributed by atoms with E-state index in [4.69, 9.17) is 26.1 Å². The number of ether oxygens (including phenoxy) is 2. The maximum Gasteiger partial charge on any atom is 0.375 e. The van der Waals surface area contributed by atoms with Crippen molar-refractivity contribution in [3.05, 3.63) is 46.3 Å². The molecule has 0 aliphatic heterocycles. The lowest BCUT2D eigenvalue weighted by Gasteiger charge is -2.22. The molecule has 0 radical (unpaired) electrons. The van der Waals surface area contributed by atoms with E-state index in [1.807, 2.05) is 6.07 Å². The lowest BCUT2D eigenvalue weighted by Crippen LogP contribution is -2.28. The Bertz CT molecular complexity index is 905. The van der Waals surface area contributed by atoms with E-state index >= 15 is 0 Å². The Morgan fingerprint density at radius 2 is 1.44 bits per heavy atom. The fraction of sp³-hybridized carbons (Fsp3) is 0.400. The van der Waals surface area contributed by atoms with Crippen LogP contribution in [0.1, 0.15) is 62.5 Å². The van der Waals surface area contributed by atoms with Gasteiger partial charge < -0.3 is 13.9 Å². The number of aromatic nitrogens is 1. The topological polar surface area (TPSA) is 78.6 Å². The highest BCUT2D eigenvalue weighted by atomic mass is 32.1. The van der Waals surface area contributed by atoms with Gasteiger partial charge in [-0.3, -0.25) is 0 Å². The first-order valence-corrected chi connectivity index (χ1v) is 8.85. The van der Waals surface area contributed by atoms with Crippen LogP contribution in [-0.2, 0) is 9.47 Å². The summed E-state index contributed by atoms with van der Waals surface area (Å²) < 4.78 is 16.3. The summed E-state index contributed by atoms with van der Waals surface area (Å²) in [4.78, 5) is 29.5. The van der Waals surface area contributed by atoms with E-state index in [0.29, 0.717) is 5.56 Å². The third kappa shape index (κ3) is 5.72. The zero-order chi connectivity index (χ0) is 20.4. The van der Waals surface area contributed by atoms with Gasteiger partial charge in [0.1, 0.15) is 21.4 Å². The summed E-state index contributed by atoms with van der Waals surface area (Å²) >= 11 is 5.27. The summed E-state index contributed by atoms with van der Waals surface area (Å²) in [7, 11) is 0. The number of hydrogen-bond donors (Lipinski definition) is 0. The predicted molar refractivity (Wildman–Crippen MR) is 103 cm³/mol. The summed E-state index contributed by atoms with van der Waals surface area (Å²) in [6.07, 6.45) is 0. The molecule has 144 valence electrons. The molecule has 7 heteroatoms. The third-order valence-corrected chi connectivity index (χ3v) is 3.35. The summed E-state index contributed by atoms with van der Waals surface area (Å²) in [5.41, 5.74) is -1.16. The average molecular weight is 389 g/mol. The molecule has 0 aliphatic carbocycles. The Labute approximate surface area is 163 Å². The van der Waals surface area contributed by atoms with E-state index < -0.39 is 23.1 Å². The van der Waals surface area contributed by atoms with E-state index in [-0.39, 0.29) is 21.9 Å². The van der Waals surface area contributed by atoms with Gasteiger partial charge in [0.25, 0.3) is 0 Å². The molecule has 0 spiro atoms. The smallest absolute Gasteiger partial charge is 0.375 e. The lowest BCUT2D eigenvalue weighted by molar-refractivity contribution is -0.00128. The number of carbonyl (C=O) groups is 2. The molecule has 0 N–H and O–H groups in total. The first-order chi connectivity index (χ1) is 12.4. The highest BCUT2D eigenvalue weighted by molar-refractivity contribution is 7.71. The van der Waals surface area contributed by atoms with Gasteiger partial charge in [-0.25, -0.2) is 14.6 Å². The normalized spacial score (nSPS) is 11.8. The molecular weight excluding hydrogens is 366 g/mol. The van der Waals surface area contributed by atoms with Crippen molar-refractivity contribution in [2.75, 3.05) is 0 Å². The van der Waals surface area contributed by atoms with E-state index in [9.17, 15) is 9.59 Å². The van der Waals surface area contributed by atoms with Gasteiger partial charge in [0, 0.05) is 5.56 Å². The molecule has 27 heavy (non-hydrogen) atoms. The van der Waals surface area contributed by atoms with Crippen LogP contribution in [0.3, 0.4) is 0 Å². The molecule has 0 bridgehead atoms. The SMILES string of the molecule is CC(C)(C)OC(=O)c1oc(-c2ccccc2)nc(=S)c1C(=O)OC(C)(C)C. The van der Waals surface area contributed by atoms with Crippen LogP contribution in [0.15, 0.2) is 34.7 Å². The number of nitrogens with zero attached hydrogens (tertiary/aromatic N) is 1. The minimum Gasteiger partial charge on any atom is -0.456 e.